The van der Waals surface area contributed by atoms with Crippen LogP contribution < -0.4 is 0 Å². The van der Waals surface area contributed by atoms with E-state index in [4.69, 9.17) is 17.5 Å². The maximum absolute atomic E-state index is 8.52. The average molecular weight is 184 g/mol. The maximum Gasteiger partial charge on any atom is 2.00 e. The summed E-state index contributed by atoms with van der Waals surface area (Å²) in [6.07, 6.45) is 0. The zero-order valence-electron chi connectivity index (χ0n) is 3.25. The Labute approximate surface area is 87.5 Å². The third-order valence-electron chi connectivity index (χ3n) is 0. The summed E-state index contributed by atoms with van der Waals surface area (Å²) in [5.41, 5.74) is 0. The predicted octanol–water partition coefficient (Wildman–Crippen LogP) is -3.73. The van der Waals surface area contributed by atoms with Crippen LogP contribution in [0.2, 0.25) is 0 Å². The first-order valence-electron chi connectivity index (χ1n) is 0.667. The van der Waals surface area contributed by atoms with E-state index in [-0.39, 0.29) is 60.6 Å². The first-order chi connectivity index (χ1) is 2.00. The minimum atomic E-state index is -5.17. The van der Waals surface area contributed by atoms with Crippen LogP contribution in [-0.2, 0) is 10.4 Å². The molecule has 0 aliphatic heterocycles. The predicted molar refractivity (Wildman–Crippen MR) is 29.8 cm³/mol. The number of hydrogen-bond donors (Lipinski definition) is 0. The molecule has 8 heteroatoms. The van der Waals surface area contributed by atoms with Crippen LogP contribution in [0.3, 0.4) is 0 Å². The molecule has 0 radical (unpaired) electrons. The summed E-state index contributed by atoms with van der Waals surface area (Å²) in [5.74, 6) is 0. The smallest absolute Gasteiger partial charge is 0.759 e. The molecule has 0 aliphatic carbocycles. The molecule has 0 saturated heterocycles. The van der Waals surface area contributed by atoms with Crippen molar-refractivity contribution in [3.8, 4) is 0 Å². The summed E-state index contributed by atoms with van der Waals surface area (Å²) < 4.78 is 34.1. The normalized spacial score (nSPS) is 7.25. The van der Waals surface area contributed by atoms with Crippen molar-refractivity contribution in [1.82, 2.24) is 0 Å². The second kappa shape index (κ2) is 8.62. The Morgan fingerprint density at radius 1 is 1.12 bits per heavy atom. The fourth-order valence-electron chi connectivity index (χ4n) is 0. The van der Waals surface area contributed by atoms with E-state index in [2.05, 4.69) is 0 Å². The minimum Gasteiger partial charge on any atom is -0.759 e. The van der Waals surface area contributed by atoms with E-state index in [0.717, 1.165) is 0 Å². The summed E-state index contributed by atoms with van der Waals surface area (Å²) >= 11 is 0. The Bertz CT molecular complexity index is 95.6. The molecular formula is H5AlCaO5S. The maximum atomic E-state index is 8.52. The van der Waals surface area contributed by atoms with Gasteiger partial charge in [-0.25, -0.2) is 0 Å². The van der Waals surface area contributed by atoms with E-state index in [0.29, 0.717) is 0 Å². The van der Waals surface area contributed by atoms with Gasteiger partial charge >= 0.3 is 37.7 Å². The first kappa shape index (κ1) is 22.6. The van der Waals surface area contributed by atoms with Crippen molar-refractivity contribution in [1.29, 1.82) is 0 Å². The second-order valence-electron chi connectivity index (χ2n) is 0.408. The Balaban J connectivity index is -0.0000000267. The van der Waals surface area contributed by atoms with E-state index >= 15 is 0 Å². The van der Waals surface area contributed by atoms with Crippen molar-refractivity contribution in [3.05, 3.63) is 0 Å². The fraction of sp³-hybridized carbons (Fsp3) is 0. The van der Waals surface area contributed by atoms with Gasteiger partial charge in [0.15, 0.2) is 17.4 Å². The topological polar surface area (TPSA) is 112 Å². The van der Waals surface area contributed by atoms with Crippen molar-refractivity contribution in [3.63, 3.8) is 0 Å². The second-order valence-corrected chi connectivity index (χ2v) is 1.22. The third-order valence-corrected chi connectivity index (χ3v) is 0. The Kier molecular flexibility index (Phi) is 24.4. The zero-order valence-corrected chi connectivity index (χ0v) is 6.27. The van der Waals surface area contributed by atoms with E-state index in [9.17, 15) is 0 Å². The fourth-order valence-corrected chi connectivity index (χ4v) is 0. The zero-order chi connectivity index (χ0) is 4.50. The van der Waals surface area contributed by atoms with Gasteiger partial charge in [-0.1, -0.05) is 0 Å². The van der Waals surface area contributed by atoms with Gasteiger partial charge in [0.1, 0.15) is 0 Å². The molecule has 0 amide bonds. The van der Waals surface area contributed by atoms with Gasteiger partial charge in [-0.3, -0.25) is 8.42 Å². The Hall–Kier alpha value is 1.62. The molecular weight excluding hydrogens is 179 g/mol. The van der Waals surface area contributed by atoms with Gasteiger partial charge in [0.25, 0.3) is 0 Å². The van der Waals surface area contributed by atoms with Crippen LogP contribution in [0, 0.1) is 0 Å². The molecule has 0 fully saturated rings. The quantitative estimate of drug-likeness (QED) is 0.219. The van der Waals surface area contributed by atoms with Crippen LogP contribution >= 0.6 is 0 Å². The van der Waals surface area contributed by atoms with E-state index in [1.54, 1.807) is 0 Å². The summed E-state index contributed by atoms with van der Waals surface area (Å²) in [6.45, 7) is 0. The van der Waals surface area contributed by atoms with Gasteiger partial charge in [-0.05, 0) is 0 Å². The molecule has 2 N–H and O–H groups in total. The van der Waals surface area contributed by atoms with Crippen LogP contribution in [0.1, 0.15) is 0 Å². The largest absolute Gasteiger partial charge is 2.00 e. The van der Waals surface area contributed by atoms with E-state index in [1.807, 2.05) is 0 Å². The molecule has 0 aromatic carbocycles. The van der Waals surface area contributed by atoms with Crippen molar-refractivity contribution >= 4 is 65.5 Å². The van der Waals surface area contributed by atoms with Crippen LogP contribution in [0.25, 0.3) is 0 Å². The molecule has 0 bridgehead atoms. The number of hydrogen-bond acceptors (Lipinski definition) is 4. The van der Waals surface area contributed by atoms with Crippen LogP contribution in [0.15, 0.2) is 0 Å². The molecule has 8 heavy (non-hydrogen) atoms. The molecule has 5 nitrogen and oxygen atoms in total. The molecule has 0 atom stereocenters. The van der Waals surface area contributed by atoms with Crippen molar-refractivity contribution in [2.75, 3.05) is 0 Å². The van der Waals surface area contributed by atoms with Gasteiger partial charge in [-0.15, -0.1) is 0 Å². The van der Waals surface area contributed by atoms with Crippen LogP contribution in [0.5, 0.6) is 0 Å². The van der Waals surface area contributed by atoms with E-state index < -0.39 is 10.4 Å². The van der Waals surface area contributed by atoms with Crippen molar-refractivity contribution < 1.29 is 23.0 Å². The monoisotopic (exact) mass is 184 g/mol. The molecule has 46 valence electrons. The van der Waals surface area contributed by atoms with Gasteiger partial charge in [0, 0.05) is 10.4 Å². The Morgan fingerprint density at radius 3 is 1.12 bits per heavy atom. The van der Waals surface area contributed by atoms with Gasteiger partial charge in [0.05, 0.1) is 0 Å². The first-order valence-corrected chi connectivity index (χ1v) is 2.00. The van der Waals surface area contributed by atoms with E-state index in [1.165, 1.54) is 0 Å². The van der Waals surface area contributed by atoms with Crippen LogP contribution in [-0.4, -0.2) is 78.1 Å². The molecule has 0 unspecified atom stereocenters. The Morgan fingerprint density at radius 2 is 1.12 bits per heavy atom. The minimum absolute atomic E-state index is 0. The molecule has 0 rings (SSSR count). The molecule has 0 heterocycles. The number of rotatable bonds is 0. The van der Waals surface area contributed by atoms with Crippen molar-refractivity contribution in [2.24, 2.45) is 0 Å². The van der Waals surface area contributed by atoms with Gasteiger partial charge in [0.2, 0.25) is 0 Å². The third kappa shape index (κ3) is 127. The molecule has 0 spiro atoms. The molecule has 0 saturated carbocycles. The summed E-state index contributed by atoms with van der Waals surface area (Å²) in [4.78, 5) is 0. The summed E-state index contributed by atoms with van der Waals surface area (Å²) in [6, 6.07) is 0. The summed E-state index contributed by atoms with van der Waals surface area (Å²) in [7, 11) is -5.17. The standard InChI is InChI=1S/Al.Ca.H2O4S.H2O.3H/c;;1-5(2,3)4;;;;/h;;(H2,1,2,3,4);1H2;;;/q;+2;;;;;/p-2. The van der Waals surface area contributed by atoms with Gasteiger partial charge in [-0.2, -0.15) is 0 Å². The molecule has 0 aromatic rings. The molecule has 0 aliphatic rings. The van der Waals surface area contributed by atoms with Crippen LogP contribution in [0.4, 0.5) is 0 Å². The molecule has 0 aromatic heterocycles. The van der Waals surface area contributed by atoms with Gasteiger partial charge < -0.3 is 14.6 Å². The summed E-state index contributed by atoms with van der Waals surface area (Å²) in [5, 5.41) is 0. The van der Waals surface area contributed by atoms with Crippen molar-refractivity contribution in [2.45, 2.75) is 0 Å². The SMILES string of the molecule is O.O=S(=O)([O-])[O-].[AlH3].[Ca+2]. The average Bonchev–Trinajstić information content (AvgIpc) is 0.722.